The first-order valence-corrected chi connectivity index (χ1v) is 9.69. The summed E-state index contributed by atoms with van der Waals surface area (Å²) in [5.41, 5.74) is 3.77. The summed E-state index contributed by atoms with van der Waals surface area (Å²) in [4.78, 5) is 17.0. The molecule has 2 heterocycles. The first-order valence-electron chi connectivity index (χ1n) is 9.69. The van der Waals surface area contributed by atoms with Crippen molar-refractivity contribution in [2.24, 2.45) is 0 Å². The SMILES string of the molecule is CC(C)c1nn(-c2ccccc2)c(C(C)C)c1C(=O)N1CC[NH+](C)CC1. The van der Waals surface area contributed by atoms with Crippen molar-refractivity contribution in [1.82, 2.24) is 14.7 Å². The molecule has 5 heteroatoms. The average molecular weight is 356 g/mol. The molecular weight excluding hydrogens is 324 g/mol. The van der Waals surface area contributed by atoms with Crippen LogP contribution in [0.2, 0.25) is 0 Å². The fraction of sp³-hybridized carbons (Fsp3) is 0.524. The van der Waals surface area contributed by atoms with Crippen LogP contribution < -0.4 is 4.90 Å². The number of aromatic nitrogens is 2. The standard InChI is InChI=1S/C21H30N4O/c1-15(2)19-18(21(26)24-13-11-23(5)12-14-24)20(16(3)4)25(22-19)17-9-7-6-8-10-17/h6-10,15-16H,11-14H2,1-5H3/p+1. The van der Waals surface area contributed by atoms with Crippen LogP contribution in [0.1, 0.15) is 61.3 Å². The summed E-state index contributed by atoms with van der Waals surface area (Å²) in [6, 6.07) is 10.1. The smallest absolute Gasteiger partial charge is 0.258 e. The highest BCUT2D eigenvalue weighted by molar-refractivity contribution is 5.97. The second-order valence-corrected chi connectivity index (χ2v) is 7.95. The normalized spacial score (nSPS) is 15.9. The van der Waals surface area contributed by atoms with Crippen LogP contribution in [-0.4, -0.2) is 53.8 Å². The maximum Gasteiger partial charge on any atom is 0.258 e. The summed E-state index contributed by atoms with van der Waals surface area (Å²) in [7, 11) is 2.19. The van der Waals surface area contributed by atoms with Crippen LogP contribution in [0.15, 0.2) is 30.3 Å². The number of nitrogens with one attached hydrogen (secondary N) is 1. The van der Waals surface area contributed by atoms with Crippen molar-refractivity contribution in [3.63, 3.8) is 0 Å². The lowest BCUT2D eigenvalue weighted by Crippen LogP contribution is -3.12. The number of quaternary nitrogens is 1. The lowest BCUT2D eigenvalue weighted by atomic mass is 9.97. The van der Waals surface area contributed by atoms with Crippen LogP contribution in [-0.2, 0) is 0 Å². The lowest BCUT2D eigenvalue weighted by Gasteiger charge is -2.30. The minimum Gasteiger partial charge on any atom is -0.334 e. The summed E-state index contributed by atoms with van der Waals surface area (Å²) >= 11 is 0. The molecule has 0 aliphatic carbocycles. The number of benzene rings is 1. The van der Waals surface area contributed by atoms with Gasteiger partial charge < -0.3 is 9.80 Å². The van der Waals surface area contributed by atoms with Gasteiger partial charge in [-0.15, -0.1) is 0 Å². The Morgan fingerprint density at radius 2 is 1.65 bits per heavy atom. The highest BCUT2D eigenvalue weighted by Crippen LogP contribution is 2.30. The zero-order valence-corrected chi connectivity index (χ0v) is 16.6. The van der Waals surface area contributed by atoms with Crippen molar-refractivity contribution in [3.05, 3.63) is 47.3 Å². The third kappa shape index (κ3) is 3.54. The van der Waals surface area contributed by atoms with Crippen LogP contribution in [0.5, 0.6) is 0 Å². The van der Waals surface area contributed by atoms with E-state index in [-0.39, 0.29) is 17.7 Å². The van der Waals surface area contributed by atoms with E-state index in [1.165, 1.54) is 4.90 Å². The van der Waals surface area contributed by atoms with Gasteiger partial charge in [0.25, 0.3) is 5.91 Å². The van der Waals surface area contributed by atoms with E-state index in [1.807, 2.05) is 27.8 Å². The Kier molecular flexibility index (Phi) is 5.47. The fourth-order valence-corrected chi connectivity index (χ4v) is 3.62. The lowest BCUT2D eigenvalue weighted by molar-refractivity contribution is -0.883. The van der Waals surface area contributed by atoms with Gasteiger partial charge in [0.1, 0.15) is 0 Å². The van der Waals surface area contributed by atoms with Gasteiger partial charge in [-0.3, -0.25) is 4.79 Å². The van der Waals surface area contributed by atoms with Gasteiger partial charge in [-0.1, -0.05) is 45.9 Å². The van der Waals surface area contributed by atoms with Crippen LogP contribution in [0.4, 0.5) is 0 Å². The maximum atomic E-state index is 13.5. The number of carbonyl (C=O) groups is 1. The summed E-state index contributed by atoms with van der Waals surface area (Å²) < 4.78 is 1.98. The molecule has 1 fully saturated rings. The van der Waals surface area contributed by atoms with E-state index in [9.17, 15) is 4.79 Å². The minimum absolute atomic E-state index is 0.145. The molecule has 1 N–H and O–H groups in total. The molecule has 0 unspecified atom stereocenters. The van der Waals surface area contributed by atoms with E-state index in [2.05, 4.69) is 46.9 Å². The Balaban J connectivity index is 2.10. The van der Waals surface area contributed by atoms with E-state index in [4.69, 9.17) is 5.10 Å². The number of nitrogens with zero attached hydrogens (tertiary/aromatic N) is 3. The molecule has 1 amide bonds. The van der Waals surface area contributed by atoms with Gasteiger partial charge in [-0.2, -0.15) is 5.10 Å². The van der Waals surface area contributed by atoms with Gasteiger partial charge in [-0.05, 0) is 24.0 Å². The average Bonchev–Trinajstić information content (AvgIpc) is 3.03. The molecular formula is C21H31N4O+. The predicted octanol–water partition coefficient (Wildman–Crippen LogP) is 2.09. The Morgan fingerprint density at radius 3 is 2.19 bits per heavy atom. The quantitative estimate of drug-likeness (QED) is 0.913. The number of hydrogen-bond acceptors (Lipinski definition) is 2. The Bertz CT molecular complexity index is 756. The molecule has 2 aromatic rings. The van der Waals surface area contributed by atoms with Crippen molar-refractivity contribution >= 4 is 5.91 Å². The number of piperazine rings is 1. The monoisotopic (exact) mass is 355 g/mol. The van der Waals surface area contributed by atoms with Gasteiger partial charge in [0.15, 0.2) is 0 Å². The molecule has 5 nitrogen and oxygen atoms in total. The number of amides is 1. The summed E-state index contributed by atoms with van der Waals surface area (Å²) in [5, 5.41) is 4.90. The predicted molar refractivity (Wildman–Crippen MR) is 104 cm³/mol. The molecule has 140 valence electrons. The first-order chi connectivity index (χ1) is 12.4. The molecule has 3 rings (SSSR count). The van der Waals surface area contributed by atoms with Crippen LogP contribution in [0.3, 0.4) is 0 Å². The maximum absolute atomic E-state index is 13.5. The van der Waals surface area contributed by atoms with Gasteiger partial charge in [-0.25, -0.2) is 4.68 Å². The number of likely N-dealkylation sites (N-methyl/N-ethyl adjacent to an activating group) is 1. The molecule has 0 radical (unpaired) electrons. The van der Waals surface area contributed by atoms with Gasteiger partial charge in [0, 0.05) is 0 Å². The molecule has 1 aliphatic heterocycles. The summed E-state index contributed by atoms with van der Waals surface area (Å²) in [5.74, 6) is 0.564. The number of carbonyl (C=O) groups excluding carboxylic acids is 1. The summed E-state index contributed by atoms with van der Waals surface area (Å²) in [6.45, 7) is 12.2. The highest BCUT2D eigenvalue weighted by Gasteiger charge is 2.32. The zero-order chi connectivity index (χ0) is 18.8. The van der Waals surface area contributed by atoms with Crippen molar-refractivity contribution in [2.45, 2.75) is 39.5 Å². The molecule has 1 aliphatic rings. The third-order valence-corrected chi connectivity index (χ3v) is 5.16. The van der Waals surface area contributed by atoms with E-state index in [0.717, 1.165) is 48.8 Å². The Morgan fingerprint density at radius 1 is 1.04 bits per heavy atom. The molecule has 0 bridgehead atoms. The largest absolute Gasteiger partial charge is 0.334 e. The minimum atomic E-state index is 0.145. The fourth-order valence-electron chi connectivity index (χ4n) is 3.62. The van der Waals surface area contributed by atoms with E-state index >= 15 is 0 Å². The third-order valence-electron chi connectivity index (χ3n) is 5.16. The number of rotatable bonds is 4. The Hall–Kier alpha value is -2.14. The van der Waals surface area contributed by atoms with E-state index in [0.29, 0.717) is 0 Å². The van der Waals surface area contributed by atoms with Gasteiger partial charge in [0.05, 0.1) is 55.9 Å². The van der Waals surface area contributed by atoms with Crippen LogP contribution in [0, 0.1) is 0 Å². The topological polar surface area (TPSA) is 42.6 Å². The second kappa shape index (κ2) is 7.62. The Labute approximate surface area is 156 Å². The second-order valence-electron chi connectivity index (χ2n) is 7.95. The van der Waals surface area contributed by atoms with Crippen molar-refractivity contribution in [2.75, 3.05) is 33.2 Å². The van der Waals surface area contributed by atoms with Crippen molar-refractivity contribution in [1.29, 1.82) is 0 Å². The van der Waals surface area contributed by atoms with Crippen molar-refractivity contribution < 1.29 is 9.69 Å². The first kappa shape index (κ1) is 18.6. The molecule has 1 aromatic carbocycles. The van der Waals surface area contributed by atoms with E-state index < -0.39 is 0 Å². The number of hydrogen-bond donors (Lipinski definition) is 1. The molecule has 1 aromatic heterocycles. The molecule has 0 atom stereocenters. The number of para-hydroxylation sites is 1. The highest BCUT2D eigenvalue weighted by atomic mass is 16.2. The molecule has 1 saturated heterocycles. The summed E-state index contributed by atoms with van der Waals surface area (Å²) in [6.07, 6.45) is 0. The van der Waals surface area contributed by atoms with Crippen LogP contribution >= 0.6 is 0 Å². The van der Waals surface area contributed by atoms with Crippen LogP contribution in [0.25, 0.3) is 5.69 Å². The zero-order valence-electron chi connectivity index (χ0n) is 16.6. The van der Waals surface area contributed by atoms with Gasteiger partial charge >= 0.3 is 0 Å². The van der Waals surface area contributed by atoms with Gasteiger partial charge in [0.2, 0.25) is 0 Å². The molecule has 26 heavy (non-hydrogen) atoms. The van der Waals surface area contributed by atoms with Crippen molar-refractivity contribution in [3.8, 4) is 5.69 Å². The molecule has 0 saturated carbocycles. The molecule has 0 spiro atoms. The van der Waals surface area contributed by atoms with E-state index in [1.54, 1.807) is 0 Å².